The van der Waals surface area contributed by atoms with Gasteiger partial charge in [0.2, 0.25) is 5.91 Å². The summed E-state index contributed by atoms with van der Waals surface area (Å²) < 4.78 is 0. The molecule has 0 fully saturated rings. The Morgan fingerprint density at radius 3 is 2.27 bits per heavy atom. The van der Waals surface area contributed by atoms with Crippen LogP contribution < -0.4 is 10.6 Å². The summed E-state index contributed by atoms with van der Waals surface area (Å²) in [4.78, 5) is 29.6. The van der Waals surface area contributed by atoms with Crippen molar-refractivity contribution in [2.24, 2.45) is 10.9 Å². The van der Waals surface area contributed by atoms with Gasteiger partial charge in [-0.3, -0.25) is 14.6 Å². The standard InChI is InChI=1S/C28H39N3O2/c1-8-21(4)24(17-23-12-10-9-11-13-23)18-25(16-22(5)27(32)30-7)28(33)31-19-26(29-6)15-14-20(2)3/h9-16,18,20H,8,17,19H2,1-7H3,(H,30,32)(H,31,33)/b15-14-,22-16+,24-21?,25-18+,29-26?. The van der Waals surface area contributed by atoms with E-state index in [9.17, 15) is 9.59 Å². The van der Waals surface area contributed by atoms with Gasteiger partial charge in [0, 0.05) is 25.2 Å². The van der Waals surface area contributed by atoms with Crippen molar-refractivity contribution in [3.05, 3.63) is 82.5 Å². The van der Waals surface area contributed by atoms with Crippen LogP contribution >= 0.6 is 0 Å². The summed E-state index contributed by atoms with van der Waals surface area (Å²) in [5.41, 5.74) is 5.13. The molecular weight excluding hydrogens is 410 g/mol. The highest BCUT2D eigenvalue weighted by atomic mass is 16.2. The Morgan fingerprint density at radius 1 is 1.06 bits per heavy atom. The highest BCUT2D eigenvalue weighted by molar-refractivity contribution is 6.04. The maximum atomic E-state index is 13.2. The van der Waals surface area contributed by atoms with Gasteiger partial charge in [0.05, 0.1) is 12.3 Å². The van der Waals surface area contributed by atoms with Crippen LogP contribution in [0.15, 0.2) is 81.9 Å². The molecule has 0 atom stereocenters. The Hall–Kier alpha value is -3.21. The van der Waals surface area contributed by atoms with E-state index in [0.717, 1.165) is 17.7 Å². The average molecular weight is 450 g/mol. The number of hydrogen-bond donors (Lipinski definition) is 2. The molecule has 0 unspecified atom stereocenters. The minimum atomic E-state index is -0.244. The molecule has 2 N–H and O–H groups in total. The summed E-state index contributed by atoms with van der Waals surface area (Å²) in [7, 11) is 3.29. The molecule has 5 heteroatoms. The van der Waals surface area contributed by atoms with Gasteiger partial charge in [-0.15, -0.1) is 0 Å². The largest absolute Gasteiger partial charge is 0.355 e. The molecule has 1 aromatic rings. The predicted molar refractivity (Wildman–Crippen MR) is 139 cm³/mol. The van der Waals surface area contributed by atoms with Gasteiger partial charge in [-0.25, -0.2) is 0 Å². The molecule has 0 aromatic heterocycles. The van der Waals surface area contributed by atoms with Crippen LogP contribution in [-0.4, -0.2) is 38.2 Å². The summed E-state index contributed by atoms with van der Waals surface area (Å²) >= 11 is 0. The van der Waals surface area contributed by atoms with Crippen LogP contribution in [0.5, 0.6) is 0 Å². The van der Waals surface area contributed by atoms with Crippen molar-refractivity contribution in [2.75, 3.05) is 20.6 Å². The molecule has 1 aromatic carbocycles. The lowest BCUT2D eigenvalue weighted by Gasteiger charge is -2.12. The van der Waals surface area contributed by atoms with Crippen molar-refractivity contribution in [1.82, 2.24) is 10.6 Å². The van der Waals surface area contributed by atoms with Crippen molar-refractivity contribution in [1.29, 1.82) is 0 Å². The van der Waals surface area contributed by atoms with E-state index >= 15 is 0 Å². The zero-order chi connectivity index (χ0) is 24.8. The molecule has 0 aliphatic rings. The molecule has 0 bridgehead atoms. The Morgan fingerprint density at radius 2 is 1.73 bits per heavy atom. The molecule has 1 rings (SSSR count). The molecular formula is C28H39N3O2. The topological polar surface area (TPSA) is 70.6 Å². The second-order valence-corrected chi connectivity index (χ2v) is 8.33. The van der Waals surface area contributed by atoms with E-state index in [1.807, 2.05) is 36.4 Å². The van der Waals surface area contributed by atoms with Gasteiger partial charge in [-0.2, -0.15) is 0 Å². The van der Waals surface area contributed by atoms with E-state index in [2.05, 4.69) is 55.5 Å². The molecule has 178 valence electrons. The number of carbonyl (C=O) groups is 2. The first-order valence-electron chi connectivity index (χ1n) is 11.5. The third-order valence-electron chi connectivity index (χ3n) is 5.26. The van der Waals surface area contributed by atoms with Crippen molar-refractivity contribution in [3.8, 4) is 0 Å². The first kappa shape index (κ1) is 27.8. The van der Waals surface area contributed by atoms with Crippen molar-refractivity contribution >= 4 is 17.5 Å². The summed E-state index contributed by atoms with van der Waals surface area (Å²) in [6, 6.07) is 10.2. The van der Waals surface area contributed by atoms with Crippen LogP contribution in [-0.2, 0) is 16.0 Å². The van der Waals surface area contributed by atoms with Gasteiger partial charge >= 0.3 is 0 Å². The first-order chi connectivity index (χ1) is 15.7. The van der Waals surface area contributed by atoms with Gasteiger partial charge in [0.25, 0.3) is 5.91 Å². The minimum absolute atomic E-state index is 0.217. The predicted octanol–water partition coefficient (Wildman–Crippen LogP) is 4.97. The third-order valence-corrected chi connectivity index (χ3v) is 5.26. The van der Waals surface area contributed by atoms with E-state index in [-0.39, 0.29) is 11.8 Å². The van der Waals surface area contributed by atoms with E-state index in [0.29, 0.717) is 30.0 Å². The lowest BCUT2D eigenvalue weighted by Crippen LogP contribution is -2.30. The molecule has 5 nitrogen and oxygen atoms in total. The molecule has 0 saturated carbocycles. The quantitative estimate of drug-likeness (QED) is 0.284. The van der Waals surface area contributed by atoms with Gasteiger partial charge < -0.3 is 10.6 Å². The number of rotatable bonds is 11. The van der Waals surface area contributed by atoms with E-state index in [4.69, 9.17) is 0 Å². The van der Waals surface area contributed by atoms with Gasteiger partial charge in [-0.1, -0.05) is 62.8 Å². The fourth-order valence-corrected chi connectivity index (χ4v) is 3.01. The smallest absolute Gasteiger partial charge is 0.251 e. The molecule has 2 amide bonds. The van der Waals surface area contributed by atoms with E-state index in [1.165, 1.54) is 11.1 Å². The number of likely N-dealkylation sites (N-methyl/N-ethyl adjacent to an activating group) is 1. The monoisotopic (exact) mass is 449 g/mol. The number of hydrogen-bond acceptors (Lipinski definition) is 3. The van der Waals surface area contributed by atoms with Crippen LogP contribution in [0, 0.1) is 5.92 Å². The first-order valence-corrected chi connectivity index (χ1v) is 11.5. The number of carbonyl (C=O) groups excluding carboxylic acids is 2. The number of allylic oxidation sites excluding steroid dienone is 4. The lowest BCUT2D eigenvalue weighted by molar-refractivity contribution is -0.117. The number of aliphatic imine (C=N–C) groups is 1. The highest BCUT2D eigenvalue weighted by Crippen LogP contribution is 2.19. The van der Waals surface area contributed by atoms with Crippen LogP contribution in [0.2, 0.25) is 0 Å². The Kier molecular flexibility index (Phi) is 12.5. The van der Waals surface area contributed by atoms with Crippen molar-refractivity contribution in [2.45, 2.75) is 47.5 Å². The zero-order valence-electron chi connectivity index (χ0n) is 21.2. The molecule has 0 heterocycles. The minimum Gasteiger partial charge on any atom is -0.355 e. The van der Waals surface area contributed by atoms with Gasteiger partial charge in [-0.05, 0) is 62.0 Å². The second-order valence-electron chi connectivity index (χ2n) is 8.33. The van der Waals surface area contributed by atoms with Crippen LogP contribution in [0.25, 0.3) is 0 Å². The van der Waals surface area contributed by atoms with Gasteiger partial charge in [0.1, 0.15) is 0 Å². The van der Waals surface area contributed by atoms with Crippen molar-refractivity contribution in [3.63, 3.8) is 0 Å². The molecule has 0 saturated heterocycles. The molecule has 0 radical (unpaired) electrons. The normalized spacial score (nSPS) is 13.9. The number of nitrogens with zero attached hydrogens (tertiary/aromatic N) is 1. The molecule has 0 aliphatic carbocycles. The van der Waals surface area contributed by atoms with Crippen LogP contribution in [0.1, 0.15) is 46.6 Å². The lowest BCUT2D eigenvalue weighted by atomic mass is 9.96. The van der Waals surface area contributed by atoms with E-state index < -0.39 is 0 Å². The maximum Gasteiger partial charge on any atom is 0.251 e. The van der Waals surface area contributed by atoms with E-state index in [1.54, 1.807) is 27.1 Å². The van der Waals surface area contributed by atoms with Gasteiger partial charge in [0.15, 0.2) is 0 Å². The fraction of sp³-hybridized carbons (Fsp3) is 0.393. The molecule has 0 spiro atoms. The third kappa shape index (κ3) is 10.3. The van der Waals surface area contributed by atoms with Crippen LogP contribution in [0.3, 0.4) is 0 Å². The summed E-state index contributed by atoms with van der Waals surface area (Å²) in [6.07, 6.45) is 9.12. The Balaban J connectivity index is 3.32. The summed E-state index contributed by atoms with van der Waals surface area (Å²) in [5.74, 6) is -0.0641. The van der Waals surface area contributed by atoms with Crippen LogP contribution in [0.4, 0.5) is 0 Å². The average Bonchev–Trinajstić information content (AvgIpc) is 2.82. The fourth-order valence-electron chi connectivity index (χ4n) is 3.01. The highest BCUT2D eigenvalue weighted by Gasteiger charge is 2.13. The summed E-state index contributed by atoms with van der Waals surface area (Å²) in [6.45, 7) is 10.4. The Bertz CT molecular complexity index is 949. The maximum absolute atomic E-state index is 13.2. The second kappa shape index (κ2) is 14.8. The number of nitrogens with one attached hydrogen (secondary N) is 2. The number of amides is 2. The van der Waals surface area contributed by atoms with Crippen molar-refractivity contribution < 1.29 is 9.59 Å². The Labute approximate surface area is 199 Å². The number of benzene rings is 1. The molecule has 0 aliphatic heterocycles. The zero-order valence-corrected chi connectivity index (χ0v) is 21.2. The summed E-state index contributed by atoms with van der Waals surface area (Å²) in [5, 5.41) is 5.57. The SMILES string of the molecule is CCC(C)=C(/C=C(\C=C(/C)C(=O)NC)C(=O)NCC(/C=C\C(C)C)=NC)Cc1ccccc1. The molecule has 33 heavy (non-hydrogen) atoms.